The molecule has 0 radical (unpaired) electrons. The topological polar surface area (TPSA) is 58.6 Å². The predicted octanol–water partition coefficient (Wildman–Crippen LogP) is 1.69. The van der Waals surface area contributed by atoms with Gasteiger partial charge in [-0.3, -0.25) is 4.79 Å². The summed E-state index contributed by atoms with van der Waals surface area (Å²) >= 11 is 0. The highest BCUT2D eigenvalue weighted by molar-refractivity contribution is 5.97. The van der Waals surface area contributed by atoms with Gasteiger partial charge in [0.25, 0.3) is 5.91 Å². The Morgan fingerprint density at radius 1 is 1.47 bits per heavy atom. The molecule has 4 nitrogen and oxygen atoms in total. The molecule has 0 saturated heterocycles. The van der Waals surface area contributed by atoms with Crippen molar-refractivity contribution in [2.75, 3.05) is 20.3 Å². The van der Waals surface area contributed by atoms with Gasteiger partial charge in [-0.25, -0.2) is 4.39 Å². The summed E-state index contributed by atoms with van der Waals surface area (Å²) in [6.07, 6.45) is 1.56. The number of aromatic hydroxyl groups is 1. The number of phenols is 1. The van der Waals surface area contributed by atoms with E-state index in [0.29, 0.717) is 13.2 Å². The summed E-state index contributed by atoms with van der Waals surface area (Å²) in [5.74, 6) is -1.67. The number of nitrogens with one attached hydrogen (secondary N) is 1. The van der Waals surface area contributed by atoms with Crippen LogP contribution in [0.15, 0.2) is 18.2 Å². The average Bonchev–Trinajstić information content (AvgIpc) is 2.28. The lowest BCUT2D eigenvalue weighted by Gasteiger charge is -2.07. The van der Waals surface area contributed by atoms with Crippen molar-refractivity contribution in [2.24, 2.45) is 0 Å². The SMILES string of the molecule is COCCCCNC(=O)c1c(O)cccc1F. The number of benzene rings is 1. The summed E-state index contributed by atoms with van der Waals surface area (Å²) in [4.78, 5) is 11.6. The standard InChI is InChI=1S/C12H16FNO3/c1-17-8-3-2-7-14-12(16)11-9(13)5-4-6-10(11)15/h4-6,15H,2-3,7-8H2,1H3,(H,14,16). The van der Waals surface area contributed by atoms with Crippen molar-refractivity contribution in [3.63, 3.8) is 0 Å². The van der Waals surface area contributed by atoms with E-state index in [1.165, 1.54) is 12.1 Å². The van der Waals surface area contributed by atoms with Crippen LogP contribution in [0.25, 0.3) is 0 Å². The van der Waals surface area contributed by atoms with Gasteiger partial charge in [0.15, 0.2) is 0 Å². The zero-order valence-corrected chi connectivity index (χ0v) is 9.70. The molecule has 0 saturated carbocycles. The fourth-order valence-electron chi connectivity index (χ4n) is 1.40. The summed E-state index contributed by atoms with van der Waals surface area (Å²) in [6, 6.07) is 3.77. The van der Waals surface area contributed by atoms with Gasteiger partial charge in [-0.05, 0) is 25.0 Å². The van der Waals surface area contributed by atoms with E-state index >= 15 is 0 Å². The Kier molecular flexibility index (Phi) is 5.42. The van der Waals surface area contributed by atoms with Crippen LogP contribution < -0.4 is 5.32 Å². The van der Waals surface area contributed by atoms with E-state index in [4.69, 9.17) is 4.74 Å². The van der Waals surface area contributed by atoms with Crippen LogP contribution in [0.2, 0.25) is 0 Å². The summed E-state index contributed by atoms with van der Waals surface area (Å²) in [6.45, 7) is 1.05. The first-order chi connectivity index (χ1) is 8.16. The zero-order valence-electron chi connectivity index (χ0n) is 9.70. The quantitative estimate of drug-likeness (QED) is 0.745. The molecule has 0 aromatic heterocycles. The van der Waals surface area contributed by atoms with E-state index in [1.54, 1.807) is 7.11 Å². The van der Waals surface area contributed by atoms with Gasteiger partial charge in [-0.2, -0.15) is 0 Å². The lowest BCUT2D eigenvalue weighted by atomic mass is 10.1. The second kappa shape index (κ2) is 6.85. The van der Waals surface area contributed by atoms with Gasteiger partial charge in [0.2, 0.25) is 0 Å². The molecular weight excluding hydrogens is 225 g/mol. The van der Waals surface area contributed by atoms with Gasteiger partial charge < -0.3 is 15.2 Å². The Balaban J connectivity index is 2.47. The Labute approximate surface area is 99.4 Å². The molecule has 5 heteroatoms. The van der Waals surface area contributed by atoms with Gasteiger partial charge in [0, 0.05) is 20.3 Å². The Bertz CT molecular complexity index is 362. The molecule has 17 heavy (non-hydrogen) atoms. The van der Waals surface area contributed by atoms with Crippen LogP contribution in [-0.4, -0.2) is 31.3 Å². The lowest BCUT2D eigenvalue weighted by Crippen LogP contribution is -2.25. The Hall–Kier alpha value is -1.62. The number of amides is 1. The fourth-order valence-corrected chi connectivity index (χ4v) is 1.40. The van der Waals surface area contributed by atoms with Crippen LogP contribution >= 0.6 is 0 Å². The maximum Gasteiger partial charge on any atom is 0.258 e. The molecule has 0 unspecified atom stereocenters. The van der Waals surface area contributed by atoms with Gasteiger partial charge in [0.1, 0.15) is 17.1 Å². The molecule has 0 atom stereocenters. The number of carbonyl (C=O) groups excluding carboxylic acids is 1. The molecule has 0 aliphatic carbocycles. The predicted molar refractivity (Wildman–Crippen MR) is 61.5 cm³/mol. The van der Waals surface area contributed by atoms with E-state index < -0.39 is 11.7 Å². The second-order valence-corrected chi connectivity index (χ2v) is 3.59. The first-order valence-electron chi connectivity index (χ1n) is 5.41. The van der Waals surface area contributed by atoms with Crippen molar-refractivity contribution < 1.29 is 19.0 Å². The number of hydrogen-bond acceptors (Lipinski definition) is 3. The van der Waals surface area contributed by atoms with E-state index in [9.17, 15) is 14.3 Å². The molecule has 1 rings (SSSR count). The number of ether oxygens (including phenoxy) is 1. The third kappa shape index (κ3) is 4.03. The first-order valence-corrected chi connectivity index (χ1v) is 5.41. The Morgan fingerprint density at radius 3 is 2.88 bits per heavy atom. The van der Waals surface area contributed by atoms with Crippen molar-refractivity contribution in [1.29, 1.82) is 0 Å². The van der Waals surface area contributed by atoms with Gasteiger partial charge in [0.05, 0.1) is 0 Å². The molecule has 94 valence electrons. The van der Waals surface area contributed by atoms with Crippen molar-refractivity contribution in [1.82, 2.24) is 5.32 Å². The molecule has 0 heterocycles. The third-order valence-electron chi connectivity index (χ3n) is 2.28. The number of methoxy groups -OCH3 is 1. The smallest absolute Gasteiger partial charge is 0.258 e. The van der Waals surface area contributed by atoms with E-state index in [-0.39, 0.29) is 11.3 Å². The minimum absolute atomic E-state index is 0.306. The molecule has 0 fully saturated rings. The number of halogens is 1. The maximum atomic E-state index is 13.3. The summed E-state index contributed by atoms with van der Waals surface area (Å²) < 4.78 is 18.1. The maximum absolute atomic E-state index is 13.3. The second-order valence-electron chi connectivity index (χ2n) is 3.59. The van der Waals surface area contributed by atoms with Crippen molar-refractivity contribution in [2.45, 2.75) is 12.8 Å². The average molecular weight is 241 g/mol. The number of phenolic OH excluding ortho intramolecular Hbond substituents is 1. The van der Waals surface area contributed by atoms with Gasteiger partial charge >= 0.3 is 0 Å². The van der Waals surface area contributed by atoms with Crippen LogP contribution in [0.1, 0.15) is 23.2 Å². The van der Waals surface area contributed by atoms with Gasteiger partial charge in [-0.1, -0.05) is 6.07 Å². The minimum atomic E-state index is -0.723. The highest BCUT2D eigenvalue weighted by Crippen LogP contribution is 2.19. The van der Waals surface area contributed by atoms with Crippen molar-refractivity contribution in [3.8, 4) is 5.75 Å². The molecule has 1 amide bonds. The van der Waals surface area contributed by atoms with Crippen LogP contribution in [0.4, 0.5) is 4.39 Å². The van der Waals surface area contributed by atoms with E-state index in [0.717, 1.165) is 18.9 Å². The normalized spacial score (nSPS) is 10.2. The highest BCUT2D eigenvalue weighted by atomic mass is 19.1. The van der Waals surface area contributed by atoms with Crippen LogP contribution in [0.3, 0.4) is 0 Å². The number of unbranched alkanes of at least 4 members (excludes halogenated alkanes) is 1. The third-order valence-corrected chi connectivity index (χ3v) is 2.28. The lowest BCUT2D eigenvalue weighted by molar-refractivity contribution is 0.0944. The molecule has 1 aromatic rings. The largest absolute Gasteiger partial charge is 0.507 e. The van der Waals surface area contributed by atoms with Crippen LogP contribution in [-0.2, 0) is 4.74 Å². The van der Waals surface area contributed by atoms with E-state index in [1.807, 2.05) is 0 Å². The minimum Gasteiger partial charge on any atom is -0.507 e. The molecular formula is C12H16FNO3. The van der Waals surface area contributed by atoms with Crippen LogP contribution in [0, 0.1) is 5.82 Å². The molecule has 1 aromatic carbocycles. The Morgan fingerprint density at radius 2 is 2.24 bits per heavy atom. The van der Waals surface area contributed by atoms with Gasteiger partial charge in [-0.15, -0.1) is 0 Å². The first kappa shape index (κ1) is 13.4. The van der Waals surface area contributed by atoms with Crippen molar-refractivity contribution >= 4 is 5.91 Å². The van der Waals surface area contributed by atoms with E-state index in [2.05, 4.69) is 5.32 Å². The summed E-state index contributed by atoms with van der Waals surface area (Å²) in [5.41, 5.74) is -0.306. The van der Waals surface area contributed by atoms with Crippen molar-refractivity contribution in [3.05, 3.63) is 29.6 Å². The molecule has 0 aliphatic rings. The zero-order chi connectivity index (χ0) is 12.7. The number of hydrogen-bond donors (Lipinski definition) is 2. The summed E-state index contributed by atoms with van der Waals surface area (Å²) in [5, 5.41) is 11.9. The number of carbonyl (C=O) groups is 1. The number of rotatable bonds is 6. The highest BCUT2D eigenvalue weighted by Gasteiger charge is 2.15. The monoisotopic (exact) mass is 241 g/mol. The summed E-state index contributed by atoms with van der Waals surface area (Å²) in [7, 11) is 1.61. The molecule has 0 bridgehead atoms. The molecule has 0 spiro atoms. The fraction of sp³-hybridized carbons (Fsp3) is 0.417. The van der Waals surface area contributed by atoms with Crippen LogP contribution in [0.5, 0.6) is 5.75 Å². The molecule has 2 N–H and O–H groups in total. The molecule has 0 aliphatic heterocycles.